The summed E-state index contributed by atoms with van der Waals surface area (Å²) >= 11 is 0. The van der Waals surface area contributed by atoms with E-state index in [-0.39, 0.29) is 11.6 Å². The van der Waals surface area contributed by atoms with E-state index in [1.165, 1.54) is 0 Å². The van der Waals surface area contributed by atoms with Crippen molar-refractivity contribution in [2.75, 3.05) is 6.61 Å². The summed E-state index contributed by atoms with van der Waals surface area (Å²) in [7, 11) is 0. The Morgan fingerprint density at radius 3 is 2.92 bits per heavy atom. The lowest BCUT2D eigenvalue weighted by molar-refractivity contribution is 0.0941. The number of carbonyl (C=O) groups is 1. The summed E-state index contributed by atoms with van der Waals surface area (Å²) < 4.78 is 10.8. The van der Waals surface area contributed by atoms with Crippen LogP contribution in [0.25, 0.3) is 11.3 Å². The van der Waals surface area contributed by atoms with Crippen LogP contribution in [0, 0.1) is 0 Å². The number of rotatable bonds is 6. The van der Waals surface area contributed by atoms with Crippen molar-refractivity contribution in [1.82, 2.24) is 15.5 Å². The normalized spacial score (nSPS) is 10.4. The van der Waals surface area contributed by atoms with E-state index < -0.39 is 0 Å². The molecule has 2 heterocycles. The molecule has 0 aliphatic heterocycles. The van der Waals surface area contributed by atoms with E-state index in [1.54, 1.807) is 24.5 Å². The lowest BCUT2D eigenvalue weighted by Gasteiger charge is -2.10. The lowest BCUT2D eigenvalue weighted by atomic mass is 10.2. The minimum Gasteiger partial charge on any atom is -0.494 e. The van der Waals surface area contributed by atoms with E-state index in [0.717, 1.165) is 16.9 Å². The third-order valence-electron chi connectivity index (χ3n) is 3.40. The van der Waals surface area contributed by atoms with Gasteiger partial charge in [0.2, 0.25) is 0 Å². The predicted molar refractivity (Wildman–Crippen MR) is 88.5 cm³/mol. The molecule has 2 aromatic heterocycles. The molecule has 0 radical (unpaired) electrons. The number of pyridine rings is 1. The highest BCUT2D eigenvalue weighted by Gasteiger charge is 2.14. The van der Waals surface area contributed by atoms with Crippen molar-refractivity contribution in [3.05, 3.63) is 66.1 Å². The van der Waals surface area contributed by atoms with E-state index in [2.05, 4.69) is 15.5 Å². The molecule has 6 nitrogen and oxygen atoms in total. The van der Waals surface area contributed by atoms with Gasteiger partial charge in [-0.25, -0.2) is 0 Å². The minimum absolute atomic E-state index is 0.225. The van der Waals surface area contributed by atoms with Crippen LogP contribution in [0.4, 0.5) is 0 Å². The number of carbonyl (C=O) groups excluding carboxylic acids is 1. The molecule has 1 N–H and O–H groups in total. The van der Waals surface area contributed by atoms with Gasteiger partial charge in [0.25, 0.3) is 5.91 Å². The van der Waals surface area contributed by atoms with Gasteiger partial charge in [-0.15, -0.1) is 0 Å². The molecule has 122 valence electrons. The molecule has 6 heteroatoms. The van der Waals surface area contributed by atoms with Crippen LogP contribution in [0.1, 0.15) is 23.0 Å². The number of para-hydroxylation sites is 1. The van der Waals surface area contributed by atoms with Gasteiger partial charge in [-0.1, -0.05) is 23.4 Å². The Morgan fingerprint density at radius 1 is 1.25 bits per heavy atom. The monoisotopic (exact) mass is 323 g/mol. The number of hydrogen-bond donors (Lipinski definition) is 1. The van der Waals surface area contributed by atoms with Gasteiger partial charge < -0.3 is 14.6 Å². The van der Waals surface area contributed by atoms with Crippen molar-refractivity contribution in [3.63, 3.8) is 0 Å². The number of benzene rings is 1. The molecular formula is C18H17N3O3. The average molecular weight is 323 g/mol. The van der Waals surface area contributed by atoms with Crippen molar-refractivity contribution >= 4 is 5.91 Å². The number of nitrogens with one attached hydrogen (secondary N) is 1. The zero-order valence-corrected chi connectivity index (χ0v) is 13.2. The number of aromatic nitrogens is 2. The number of amides is 1. The summed E-state index contributed by atoms with van der Waals surface area (Å²) in [6.07, 6.45) is 3.32. The van der Waals surface area contributed by atoms with E-state index >= 15 is 0 Å². The zero-order valence-electron chi connectivity index (χ0n) is 13.2. The summed E-state index contributed by atoms with van der Waals surface area (Å²) in [5.41, 5.74) is 1.90. The Labute approximate surface area is 139 Å². The van der Waals surface area contributed by atoms with Gasteiger partial charge in [-0.2, -0.15) is 0 Å². The highest BCUT2D eigenvalue weighted by atomic mass is 16.5. The second-order valence-electron chi connectivity index (χ2n) is 5.04. The van der Waals surface area contributed by atoms with Crippen LogP contribution in [-0.4, -0.2) is 22.7 Å². The van der Waals surface area contributed by atoms with Crippen LogP contribution in [0.2, 0.25) is 0 Å². The van der Waals surface area contributed by atoms with Crippen molar-refractivity contribution in [2.45, 2.75) is 13.5 Å². The fourth-order valence-corrected chi connectivity index (χ4v) is 2.24. The van der Waals surface area contributed by atoms with Crippen LogP contribution in [-0.2, 0) is 6.54 Å². The molecular weight excluding hydrogens is 306 g/mol. The first kappa shape index (κ1) is 15.7. The Morgan fingerprint density at radius 2 is 2.12 bits per heavy atom. The van der Waals surface area contributed by atoms with Crippen molar-refractivity contribution < 1.29 is 14.1 Å². The molecule has 0 atom stereocenters. The van der Waals surface area contributed by atoms with Gasteiger partial charge in [0, 0.05) is 36.1 Å². The van der Waals surface area contributed by atoms with E-state index in [1.807, 2.05) is 37.3 Å². The molecule has 24 heavy (non-hydrogen) atoms. The summed E-state index contributed by atoms with van der Waals surface area (Å²) in [5.74, 6) is 0.958. The SMILES string of the molecule is CCOc1ccccc1CNC(=O)c1cc(-c2cccnc2)on1. The summed E-state index contributed by atoms with van der Waals surface area (Å²) in [6, 6.07) is 12.8. The fourth-order valence-electron chi connectivity index (χ4n) is 2.24. The number of nitrogens with zero attached hydrogens (tertiary/aromatic N) is 2. The van der Waals surface area contributed by atoms with Gasteiger partial charge in [0.05, 0.1) is 6.61 Å². The first-order valence-electron chi connectivity index (χ1n) is 7.64. The molecule has 0 saturated carbocycles. The summed E-state index contributed by atoms with van der Waals surface area (Å²) in [4.78, 5) is 16.3. The standard InChI is InChI=1S/C18H17N3O3/c1-2-23-16-8-4-3-6-14(16)12-20-18(22)15-10-17(24-21-15)13-7-5-9-19-11-13/h3-11H,2,12H2,1H3,(H,20,22). The highest BCUT2D eigenvalue weighted by Crippen LogP contribution is 2.20. The maximum absolute atomic E-state index is 12.2. The van der Waals surface area contributed by atoms with Gasteiger partial charge in [0.1, 0.15) is 5.75 Å². The summed E-state index contributed by atoms with van der Waals surface area (Å²) in [5, 5.41) is 6.64. The highest BCUT2D eigenvalue weighted by molar-refractivity contribution is 5.93. The van der Waals surface area contributed by atoms with E-state index in [0.29, 0.717) is 18.9 Å². The number of hydrogen-bond acceptors (Lipinski definition) is 5. The average Bonchev–Trinajstić information content (AvgIpc) is 3.12. The lowest BCUT2D eigenvalue weighted by Crippen LogP contribution is -2.23. The fraction of sp³-hybridized carbons (Fsp3) is 0.167. The second kappa shape index (κ2) is 7.41. The van der Waals surface area contributed by atoms with Gasteiger partial charge >= 0.3 is 0 Å². The second-order valence-corrected chi connectivity index (χ2v) is 5.04. The van der Waals surface area contributed by atoms with Crippen molar-refractivity contribution in [3.8, 4) is 17.1 Å². The summed E-state index contributed by atoms with van der Waals surface area (Å²) in [6.45, 7) is 2.84. The zero-order chi connectivity index (χ0) is 16.8. The number of ether oxygens (including phenoxy) is 1. The third kappa shape index (κ3) is 3.60. The predicted octanol–water partition coefficient (Wildman–Crippen LogP) is 3.07. The van der Waals surface area contributed by atoms with Crippen LogP contribution >= 0.6 is 0 Å². The van der Waals surface area contributed by atoms with E-state index in [4.69, 9.17) is 9.26 Å². The molecule has 1 amide bonds. The molecule has 0 aliphatic rings. The first-order chi connectivity index (χ1) is 11.8. The Bertz CT molecular complexity index is 815. The molecule has 0 saturated heterocycles. The quantitative estimate of drug-likeness (QED) is 0.754. The Balaban J connectivity index is 1.67. The van der Waals surface area contributed by atoms with Gasteiger partial charge in [-0.3, -0.25) is 9.78 Å². The van der Waals surface area contributed by atoms with Crippen LogP contribution < -0.4 is 10.1 Å². The Kier molecular flexibility index (Phi) is 4.86. The third-order valence-corrected chi connectivity index (χ3v) is 3.40. The smallest absolute Gasteiger partial charge is 0.273 e. The van der Waals surface area contributed by atoms with Crippen LogP contribution in [0.3, 0.4) is 0 Å². The molecule has 3 aromatic rings. The first-order valence-corrected chi connectivity index (χ1v) is 7.64. The van der Waals surface area contributed by atoms with Crippen LogP contribution in [0.15, 0.2) is 59.4 Å². The molecule has 0 spiro atoms. The van der Waals surface area contributed by atoms with Crippen molar-refractivity contribution in [2.24, 2.45) is 0 Å². The molecule has 3 rings (SSSR count). The van der Waals surface area contributed by atoms with Gasteiger partial charge in [-0.05, 0) is 25.1 Å². The van der Waals surface area contributed by atoms with Gasteiger partial charge in [0.15, 0.2) is 11.5 Å². The maximum atomic E-state index is 12.2. The molecule has 0 bridgehead atoms. The minimum atomic E-state index is -0.305. The Hall–Kier alpha value is -3.15. The maximum Gasteiger partial charge on any atom is 0.273 e. The molecule has 0 fully saturated rings. The topological polar surface area (TPSA) is 77.2 Å². The molecule has 1 aromatic carbocycles. The van der Waals surface area contributed by atoms with E-state index in [9.17, 15) is 4.79 Å². The molecule has 0 aliphatic carbocycles. The van der Waals surface area contributed by atoms with Crippen LogP contribution in [0.5, 0.6) is 5.75 Å². The van der Waals surface area contributed by atoms with Crippen molar-refractivity contribution in [1.29, 1.82) is 0 Å². The largest absolute Gasteiger partial charge is 0.494 e. The molecule has 0 unspecified atom stereocenters.